The Morgan fingerprint density at radius 1 is 1.53 bits per heavy atom. The van der Waals surface area contributed by atoms with Crippen molar-refractivity contribution in [2.45, 2.75) is 38.3 Å². The number of hydrogen-bond donors (Lipinski definition) is 1. The van der Waals surface area contributed by atoms with Crippen molar-refractivity contribution in [2.24, 2.45) is 0 Å². The molecule has 0 radical (unpaired) electrons. The van der Waals surface area contributed by atoms with Crippen molar-refractivity contribution in [3.05, 3.63) is 32.7 Å². The second-order valence-corrected chi connectivity index (χ2v) is 6.77. The van der Waals surface area contributed by atoms with E-state index in [4.69, 9.17) is 0 Å². The molecule has 1 N–H and O–H groups in total. The molecule has 0 aromatic heterocycles. The van der Waals surface area contributed by atoms with Crippen molar-refractivity contribution in [3.8, 4) is 0 Å². The molecule has 5 heteroatoms. The summed E-state index contributed by atoms with van der Waals surface area (Å²) in [6, 6.07) is 5.76. The molecule has 2 unspecified atom stereocenters. The van der Waals surface area contributed by atoms with Crippen LogP contribution in [0, 0.1) is 0 Å². The van der Waals surface area contributed by atoms with Gasteiger partial charge in [-0.05, 0) is 60.3 Å². The molecule has 1 aromatic rings. The van der Waals surface area contributed by atoms with Gasteiger partial charge < -0.3 is 10.0 Å². The first-order valence-corrected chi connectivity index (χ1v) is 8.01. The van der Waals surface area contributed by atoms with Crippen LogP contribution in [-0.4, -0.2) is 34.6 Å². The number of benzene rings is 1. The second-order valence-electron chi connectivity index (χ2n) is 5.00. The highest BCUT2D eigenvalue weighted by Crippen LogP contribution is 2.28. The first-order chi connectivity index (χ1) is 8.99. The molecule has 19 heavy (non-hydrogen) atoms. The lowest BCUT2D eigenvalue weighted by atomic mass is 10.1. The van der Waals surface area contributed by atoms with E-state index in [0.717, 1.165) is 28.3 Å². The minimum Gasteiger partial charge on any atom is -0.393 e. The van der Waals surface area contributed by atoms with Gasteiger partial charge in [0, 0.05) is 21.5 Å². The van der Waals surface area contributed by atoms with Crippen LogP contribution in [0.3, 0.4) is 0 Å². The number of aliphatic hydroxyl groups excluding tert-OH is 1. The summed E-state index contributed by atoms with van der Waals surface area (Å²) in [5.74, 6) is 0.0383. The van der Waals surface area contributed by atoms with Crippen LogP contribution in [0.2, 0.25) is 0 Å². The van der Waals surface area contributed by atoms with E-state index in [1.807, 2.05) is 23.1 Å². The summed E-state index contributed by atoms with van der Waals surface area (Å²) >= 11 is 6.83. The van der Waals surface area contributed by atoms with E-state index in [0.29, 0.717) is 12.0 Å². The Morgan fingerprint density at radius 3 is 2.95 bits per heavy atom. The predicted molar refractivity (Wildman–Crippen MR) is 82.2 cm³/mol. The van der Waals surface area contributed by atoms with Crippen LogP contribution in [0.15, 0.2) is 27.1 Å². The molecular weight excluding hydrogens is 374 g/mol. The normalized spacial score (nSPS) is 20.6. The van der Waals surface area contributed by atoms with E-state index >= 15 is 0 Å². The molecule has 3 nitrogen and oxygen atoms in total. The third-order valence-electron chi connectivity index (χ3n) is 3.41. The molecule has 1 aliphatic rings. The van der Waals surface area contributed by atoms with Crippen LogP contribution in [-0.2, 0) is 0 Å². The van der Waals surface area contributed by atoms with Gasteiger partial charge in [-0.3, -0.25) is 4.79 Å². The average molecular weight is 391 g/mol. The summed E-state index contributed by atoms with van der Waals surface area (Å²) < 4.78 is 1.70. The molecule has 104 valence electrons. The number of nitrogens with zero attached hydrogens (tertiary/aromatic N) is 1. The van der Waals surface area contributed by atoms with Gasteiger partial charge in [0.15, 0.2) is 0 Å². The number of aliphatic hydroxyl groups is 1. The average Bonchev–Trinajstić information content (AvgIpc) is 2.78. The Bertz CT molecular complexity index is 477. The largest absolute Gasteiger partial charge is 0.393 e. The zero-order valence-electron chi connectivity index (χ0n) is 10.8. The summed E-state index contributed by atoms with van der Waals surface area (Å²) in [6.45, 7) is 2.55. The summed E-state index contributed by atoms with van der Waals surface area (Å²) in [6.07, 6.45) is 2.26. The topological polar surface area (TPSA) is 40.5 Å². The van der Waals surface area contributed by atoms with Crippen LogP contribution in [0.25, 0.3) is 0 Å². The van der Waals surface area contributed by atoms with E-state index < -0.39 is 0 Å². The Balaban J connectivity index is 2.20. The number of hydrogen-bond acceptors (Lipinski definition) is 2. The van der Waals surface area contributed by atoms with Crippen LogP contribution in [0.4, 0.5) is 0 Å². The van der Waals surface area contributed by atoms with Crippen LogP contribution < -0.4 is 0 Å². The van der Waals surface area contributed by atoms with E-state index in [2.05, 4.69) is 31.9 Å². The van der Waals surface area contributed by atoms with Gasteiger partial charge in [-0.25, -0.2) is 0 Å². The van der Waals surface area contributed by atoms with Gasteiger partial charge in [0.1, 0.15) is 0 Å². The van der Waals surface area contributed by atoms with Gasteiger partial charge in [-0.1, -0.05) is 15.9 Å². The summed E-state index contributed by atoms with van der Waals surface area (Å²) in [7, 11) is 0. The SMILES string of the molecule is CC(O)CC1CCCN1C(=O)c1cc(Br)ccc1Br. The van der Waals surface area contributed by atoms with Crippen molar-refractivity contribution in [3.63, 3.8) is 0 Å². The molecule has 1 aliphatic heterocycles. The lowest BCUT2D eigenvalue weighted by molar-refractivity contribution is 0.0681. The third kappa shape index (κ3) is 3.58. The maximum atomic E-state index is 12.6. The van der Waals surface area contributed by atoms with Gasteiger partial charge >= 0.3 is 0 Å². The zero-order valence-corrected chi connectivity index (χ0v) is 13.9. The van der Waals surface area contributed by atoms with E-state index in [-0.39, 0.29) is 18.1 Å². The lowest BCUT2D eigenvalue weighted by Gasteiger charge is -2.26. The standard InChI is InChI=1S/C14H17Br2NO2/c1-9(18)7-11-3-2-6-17(11)14(19)12-8-10(15)4-5-13(12)16/h4-5,8-9,11,18H,2-3,6-7H2,1H3. The summed E-state index contributed by atoms with van der Waals surface area (Å²) in [5, 5.41) is 9.53. The minimum atomic E-state index is -0.371. The molecule has 0 bridgehead atoms. The predicted octanol–water partition coefficient (Wildman–Crippen LogP) is 3.59. The van der Waals surface area contributed by atoms with E-state index in [1.165, 1.54) is 0 Å². The maximum Gasteiger partial charge on any atom is 0.255 e. The molecule has 1 amide bonds. The molecule has 0 saturated carbocycles. The summed E-state index contributed by atoms with van der Waals surface area (Å²) in [5.41, 5.74) is 0.673. The molecule has 0 spiro atoms. The Hall–Kier alpha value is -0.390. The number of rotatable bonds is 3. The van der Waals surface area contributed by atoms with Gasteiger partial charge in [-0.2, -0.15) is 0 Å². The van der Waals surface area contributed by atoms with Crippen molar-refractivity contribution in [2.75, 3.05) is 6.54 Å². The smallest absolute Gasteiger partial charge is 0.255 e. The zero-order chi connectivity index (χ0) is 14.0. The number of likely N-dealkylation sites (tertiary alicyclic amines) is 1. The second kappa shape index (κ2) is 6.37. The Kier molecular flexibility index (Phi) is 5.03. The molecule has 2 atom stereocenters. The van der Waals surface area contributed by atoms with Gasteiger partial charge in [0.25, 0.3) is 5.91 Å². The molecule has 1 heterocycles. The maximum absolute atomic E-state index is 12.6. The monoisotopic (exact) mass is 389 g/mol. The van der Waals surface area contributed by atoms with E-state index in [9.17, 15) is 9.90 Å². The third-order valence-corrected chi connectivity index (χ3v) is 4.59. The van der Waals surface area contributed by atoms with Crippen LogP contribution in [0.5, 0.6) is 0 Å². The van der Waals surface area contributed by atoms with Gasteiger partial charge in [0.2, 0.25) is 0 Å². The quantitative estimate of drug-likeness (QED) is 0.856. The molecular formula is C14H17Br2NO2. The fourth-order valence-electron chi connectivity index (χ4n) is 2.56. The fraction of sp³-hybridized carbons (Fsp3) is 0.500. The Morgan fingerprint density at radius 2 is 2.26 bits per heavy atom. The first-order valence-electron chi connectivity index (χ1n) is 6.43. The lowest BCUT2D eigenvalue weighted by Crippen LogP contribution is -2.37. The van der Waals surface area contributed by atoms with E-state index in [1.54, 1.807) is 6.92 Å². The number of halogens is 2. The highest BCUT2D eigenvalue weighted by Gasteiger charge is 2.30. The van der Waals surface area contributed by atoms with Gasteiger partial charge in [0.05, 0.1) is 11.7 Å². The van der Waals surface area contributed by atoms with Crippen molar-refractivity contribution >= 4 is 37.8 Å². The number of carbonyl (C=O) groups is 1. The summed E-state index contributed by atoms with van der Waals surface area (Å²) in [4.78, 5) is 14.5. The molecule has 1 aromatic carbocycles. The van der Waals surface area contributed by atoms with Crippen molar-refractivity contribution in [1.29, 1.82) is 0 Å². The van der Waals surface area contributed by atoms with Gasteiger partial charge in [-0.15, -0.1) is 0 Å². The molecule has 1 saturated heterocycles. The first kappa shape index (κ1) is 15.0. The van der Waals surface area contributed by atoms with Crippen molar-refractivity contribution < 1.29 is 9.90 Å². The molecule has 1 fully saturated rings. The van der Waals surface area contributed by atoms with Crippen LogP contribution >= 0.6 is 31.9 Å². The highest BCUT2D eigenvalue weighted by atomic mass is 79.9. The van der Waals surface area contributed by atoms with Crippen molar-refractivity contribution in [1.82, 2.24) is 4.90 Å². The highest BCUT2D eigenvalue weighted by molar-refractivity contribution is 9.11. The van der Waals surface area contributed by atoms with Crippen LogP contribution in [0.1, 0.15) is 36.5 Å². The molecule has 0 aliphatic carbocycles. The Labute approximate surface area is 130 Å². The minimum absolute atomic E-state index is 0.0383. The number of carbonyl (C=O) groups excluding carboxylic acids is 1. The molecule has 2 rings (SSSR count). The number of amides is 1. The fourth-order valence-corrected chi connectivity index (χ4v) is 3.34.